The van der Waals surface area contributed by atoms with Crippen LogP contribution in [0.4, 0.5) is 8.78 Å². The summed E-state index contributed by atoms with van der Waals surface area (Å²) < 4.78 is 28.1. The smallest absolute Gasteiger partial charge is 0.128 e. The van der Waals surface area contributed by atoms with E-state index in [2.05, 4.69) is 0 Å². The second kappa shape index (κ2) is 5.10. The average Bonchev–Trinajstić information content (AvgIpc) is 2.41. The normalized spacial score (nSPS) is 14.2. The third kappa shape index (κ3) is 2.38. The Hall–Kier alpha value is -1.74. The number of halogens is 2. The third-order valence-corrected chi connectivity index (χ3v) is 3.51. The molecule has 2 rings (SSSR count). The Morgan fingerprint density at radius 2 is 1.63 bits per heavy atom. The summed E-state index contributed by atoms with van der Waals surface area (Å²) in [6, 6.07) is 11.0. The van der Waals surface area contributed by atoms with Gasteiger partial charge < -0.3 is 5.73 Å². The number of hydrogen-bond acceptors (Lipinski definition) is 1. The fourth-order valence-corrected chi connectivity index (χ4v) is 2.33. The SMILES string of the molecule is CCC(N)(c1ccccc1F)c1cc(C)ccc1F. The summed E-state index contributed by atoms with van der Waals surface area (Å²) in [4.78, 5) is 0. The van der Waals surface area contributed by atoms with E-state index < -0.39 is 17.2 Å². The average molecular weight is 261 g/mol. The summed E-state index contributed by atoms with van der Waals surface area (Å²) in [5.74, 6) is -0.814. The van der Waals surface area contributed by atoms with Crippen molar-refractivity contribution in [2.75, 3.05) is 0 Å². The zero-order valence-electron chi connectivity index (χ0n) is 11.1. The highest BCUT2D eigenvalue weighted by Crippen LogP contribution is 2.33. The molecule has 1 atom stereocenters. The lowest BCUT2D eigenvalue weighted by molar-refractivity contribution is 0.453. The van der Waals surface area contributed by atoms with Gasteiger partial charge in [-0.1, -0.05) is 42.8 Å². The van der Waals surface area contributed by atoms with Crippen LogP contribution in [-0.2, 0) is 5.54 Å². The van der Waals surface area contributed by atoms with Crippen molar-refractivity contribution in [3.05, 3.63) is 70.8 Å². The minimum atomic E-state index is -1.15. The molecule has 0 aliphatic heterocycles. The molecule has 0 aliphatic carbocycles. The van der Waals surface area contributed by atoms with E-state index in [0.717, 1.165) is 5.56 Å². The first kappa shape index (κ1) is 13.7. The van der Waals surface area contributed by atoms with Crippen LogP contribution in [0.2, 0.25) is 0 Å². The van der Waals surface area contributed by atoms with Crippen LogP contribution < -0.4 is 5.73 Å². The van der Waals surface area contributed by atoms with Gasteiger partial charge >= 0.3 is 0 Å². The van der Waals surface area contributed by atoms with Crippen LogP contribution >= 0.6 is 0 Å². The van der Waals surface area contributed by atoms with Crippen LogP contribution in [0.25, 0.3) is 0 Å². The lowest BCUT2D eigenvalue weighted by atomic mass is 9.80. The van der Waals surface area contributed by atoms with Crippen LogP contribution in [0, 0.1) is 18.6 Å². The second-order valence-corrected chi connectivity index (χ2v) is 4.79. The fraction of sp³-hybridized carbons (Fsp3) is 0.250. The molecule has 0 aromatic heterocycles. The summed E-state index contributed by atoms with van der Waals surface area (Å²) in [5.41, 5.74) is 6.73. The Kier molecular flexibility index (Phi) is 3.67. The number of benzene rings is 2. The zero-order valence-corrected chi connectivity index (χ0v) is 11.1. The number of rotatable bonds is 3. The van der Waals surface area contributed by atoms with Gasteiger partial charge in [0.05, 0.1) is 5.54 Å². The van der Waals surface area contributed by atoms with Crippen molar-refractivity contribution >= 4 is 0 Å². The van der Waals surface area contributed by atoms with Gasteiger partial charge in [-0.05, 0) is 25.5 Å². The molecule has 3 heteroatoms. The van der Waals surface area contributed by atoms with E-state index in [1.165, 1.54) is 12.1 Å². The molecule has 0 spiro atoms. The van der Waals surface area contributed by atoms with Gasteiger partial charge in [0.15, 0.2) is 0 Å². The highest BCUT2D eigenvalue weighted by molar-refractivity contribution is 5.40. The van der Waals surface area contributed by atoms with Crippen LogP contribution in [0.15, 0.2) is 42.5 Å². The molecule has 0 radical (unpaired) electrons. The molecular formula is C16H17F2N. The molecule has 0 bridgehead atoms. The van der Waals surface area contributed by atoms with Crippen molar-refractivity contribution in [3.63, 3.8) is 0 Å². The van der Waals surface area contributed by atoms with Gasteiger partial charge in [-0.25, -0.2) is 8.78 Å². The van der Waals surface area contributed by atoms with Crippen molar-refractivity contribution in [1.29, 1.82) is 0 Å². The van der Waals surface area contributed by atoms with Crippen molar-refractivity contribution in [2.24, 2.45) is 5.73 Å². The Labute approximate surface area is 112 Å². The first-order chi connectivity index (χ1) is 8.99. The van der Waals surface area contributed by atoms with Crippen LogP contribution in [0.5, 0.6) is 0 Å². The van der Waals surface area contributed by atoms with E-state index in [0.29, 0.717) is 17.5 Å². The van der Waals surface area contributed by atoms with Crippen molar-refractivity contribution in [3.8, 4) is 0 Å². The molecule has 0 heterocycles. The van der Waals surface area contributed by atoms with Crippen molar-refractivity contribution in [2.45, 2.75) is 25.8 Å². The van der Waals surface area contributed by atoms with Crippen LogP contribution in [-0.4, -0.2) is 0 Å². The topological polar surface area (TPSA) is 26.0 Å². The molecule has 0 saturated heterocycles. The number of hydrogen-bond donors (Lipinski definition) is 1. The Morgan fingerprint density at radius 3 is 2.26 bits per heavy atom. The molecule has 2 N–H and O–H groups in total. The molecule has 19 heavy (non-hydrogen) atoms. The van der Waals surface area contributed by atoms with Crippen molar-refractivity contribution < 1.29 is 8.78 Å². The zero-order chi connectivity index (χ0) is 14.0. The summed E-state index contributed by atoms with van der Waals surface area (Å²) in [5, 5.41) is 0. The van der Waals surface area contributed by atoms with E-state index in [1.54, 1.807) is 30.3 Å². The molecule has 0 aliphatic rings. The monoisotopic (exact) mass is 261 g/mol. The standard InChI is InChI=1S/C16H17F2N/c1-3-16(19,12-6-4-5-7-14(12)17)13-10-11(2)8-9-15(13)18/h4-10H,3,19H2,1-2H3. The fourth-order valence-electron chi connectivity index (χ4n) is 2.33. The second-order valence-electron chi connectivity index (χ2n) is 4.79. The van der Waals surface area contributed by atoms with E-state index in [-0.39, 0.29) is 0 Å². The maximum atomic E-state index is 14.1. The molecule has 2 aromatic rings. The lowest BCUT2D eigenvalue weighted by Crippen LogP contribution is -2.39. The Morgan fingerprint density at radius 1 is 1.00 bits per heavy atom. The quantitative estimate of drug-likeness (QED) is 0.891. The maximum Gasteiger partial charge on any atom is 0.128 e. The summed E-state index contributed by atoms with van der Waals surface area (Å²) in [7, 11) is 0. The third-order valence-electron chi connectivity index (χ3n) is 3.51. The molecule has 0 saturated carbocycles. The summed E-state index contributed by atoms with van der Waals surface area (Å²) >= 11 is 0. The number of aryl methyl sites for hydroxylation is 1. The molecule has 100 valence electrons. The van der Waals surface area contributed by atoms with Gasteiger partial charge in [0.25, 0.3) is 0 Å². The first-order valence-corrected chi connectivity index (χ1v) is 6.29. The molecule has 2 aromatic carbocycles. The highest BCUT2D eigenvalue weighted by Gasteiger charge is 2.32. The Bertz CT molecular complexity index is 595. The largest absolute Gasteiger partial charge is 0.318 e. The molecule has 0 fully saturated rings. The van der Waals surface area contributed by atoms with Crippen LogP contribution in [0.3, 0.4) is 0 Å². The lowest BCUT2D eigenvalue weighted by Gasteiger charge is -2.30. The van der Waals surface area contributed by atoms with Gasteiger partial charge in [-0.3, -0.25) is 0 Å². The van der Waals surface area contributed by atoms with E-state index in [1.807, 2.05) is 13.8 Å². The number of nitrogens with two attached hydrogens (primary N) is 1. The molecular weight excluding hydrogens is 244 g/mol. The van der Waals surface area contributed by atoms with Gasteiger partial charge in [-0.2, -0.15) is 0 Å². The predicted molar refractivity (Wildman–Crippen MR) is 72.8 cm³/mol. The van der Waals surface area contributed by atoms with Crippen molar-refractivity contribution in [1.82, 2.24) is 0 Å². The first-order valence-electron chi connectivity index (χ1n) is 6.29. The minimum Gasteiger partial charge on any atom is -0.318 e. The minimum absolute atomic E-state index is 0.321. The van der Waals surface area contributed by atoms with Gasteiger partial charge in [0.2, 0.25) is 0 Å². The molecule has 1 unspecified atom stereocenters. The Balaban J connectivity index is 2.66. The molecule has 0 amide bonds. The van der Waals surface area contributed by atoms with Gasteiger partial charge in [0, 0.05) is 11.1 Å². The van der Waals surface area contributed by atoms with Gasteiger partial charge in [0.1, 0.15) is 11.6 Å². The van der Waals surface area contributed by atoms with E-state index in [4.69, 9.17) is 5.73 Å². The van der Waals surface area contributed by atoms with Gasteiger partial charge in [-0.15, -0.1) is 0 Å². The summed E-state index contributed by atoms with van der Waals surface area (Å²) in [6.07, 6.45) is 0.411. The molecule has 1 nitrogen and oxygen atoms in total. The predicted octanol–water partition coefficient (Wildman–Crippen LogP) is 3.89. The summed E-state index contributed by atoms with van der Waals surface area (Å²) in [6.45, 7) is 3.69. The van der Waals surface area contributed by atoms with E-state index in [9.17, 15) is 8.78 Å². The van der Waals surface area contributed by atoms with Crippen LogP contribution in [0.1, 0.15) is 30.0 Å². The van der Waals surface area contributed by atoms with E-state index >= 15 is 0 Å². The highest BCUT2D eigenvalue weighted by atomic mass is 19.1. The maximum absolute atomic E-state index is 14.1.